The summed E-state index contributed by atoms with van der Waals surface area (Å²) >= 11 is 3.44. The van der Waals surface area contributed by atoms with Crippen LogP contribution in [0.2, 0.25) is 0 Å². The van der Waals surface area contributed by atoms with Crippen LogP contribution >= 0.6 is 15.9 Å². The zero-order valence-electron chi connectivity index (χ0n) is 14.1. The second-order valence-electron chi connectivity index (χ2n) is 5.90. The molecule has 2 rings (SSSR count). The summed E-state index contributed by atoms with van der Waals surface area (Å²) in [5.41, 5.74) is 3.94. The molecule has 0 radical (unpaired) electrons. The first kappa shape index (κ1) is 18.2. The van der Waals surface area contributed by atoms with Crippen LogP contribution in [-0.2, 0) is 16.1 Å². The predicted octanol–water partition coefficient (Wildman–Crippen LogP) is 4.05. The minimum atomic E-state index is -0.220. The normalized spacial score (nSPS) is 10.3. The van der Waals surface area contributed by atoms with Gasteiger partial charge in [-0.3, -0.25) is 9.59 Å². The monoisotopic (exact) mass is 388 g/mol. The summed E-state index contributed by atoms with van der Waals surface area (Å²) in [6.45, 7) is 5.90. The summed E-state index contributed by atoms with van der Waals surface area (Å²) in [5, 5.41) is 2.84. The Kier molecular flexibility index (Phi) is 6.15. The van der Waals surface area contributed by atoms with Gasteiger partial charge < -0.3 is 10.2 Å². The molecule has 126 valence electrons. The zero-order chi connectivity index (χ0) is 17.7. The molecule has 0 unspecified atom stereocenters. The topological polar surface area (TPSA) is 49.4 Å². The van der Waals surface area contributed by atoms with Gasteiger partial charge in [0.1, 0.15) is 6.54 Å². The molecule has 0 saturated heterocycles. The lowest BCUT2D eigenvalue weighted by atomic mass is 10.1. The fourth-order valence-electron chi connectivity index (χ4n) is 2.39. The van der Waals surface area contributed by atoms with Gasteiger partial charge in [-0.25, -0.2) is 0 Å². The van der Waals surface area contributed by atoms with Crippen LogP contribution in [0, 0.1) is 13.8 Å². The molecule has 2 aromatic rings. The Morgan fingerprint density at radius 3 is 2.42 bits per heavy atom. The smallest absolute Gasteiger partial charge is 0.244 e. The van der Waals surface area contributed by atoms with E-state index in [2.05, 4.69) is 21.2 Å². The predicted molar refractivity (Wildman–Crippen MR) is 99.8 cm³/mol. The number of hydrogen-bond donors (Lipinski definition) is 1. The summed E-state index contributed by atoms with van der Waals surface area (Å²) in [6, 6.07) is 13.6. The summed E-state index contributed by atoms with van der Waals surface area (Å²) < 4.78 is 0.823. The second kappa shape index (κ2) is 8.11. The van der Waals surface area contributed by atoms with Crippen LogP contribution in [0.1, 0.15) is 23.6 Å². The van der Waals surface area contributed by atoms with E-state index >= 15 is 0 Å². The van der Waals surface area contributed by atoms with Crippen LogP contribution in [0.4, 0.5) is 5.69 Å². The molecule has 24 heavy (non-hydrogen) atoms. The van der Waals surface area contributed by atoms with Gasteiger partial charge in [0.15, 0.2) is 0 Å². The van der Waals surface area contributed by atoms with E-state index in [-0.39, 0.29) is 18.4 Å². The Bertz CT molecular complexity index is 759. The quantitative estimate of drug-likeness (QED) is 0.839. The SMILES string of the molecule is CC(=O)N(CC(=O)Nc1ccc(C)cc1Br)Cc1cccc(C)c1. The van der Waals surface area contributed by atoms with Gasteiger partial charge in [-0.2, -0.15) is 0 Å². The van der Waals surface area contributed by atoms with Crippen molar-refractivity contribution in [1.29, 1.82) is 0 Å². The molecule has 0 aliphatic heterocycles. The van der Waals surface area contributed by atoms with Crippen molar-refractivity contribution in [1.82, 2.24) is 4.90 Å². The van der Waals surface area contributed by atoms with Crippen LogP contribution in [0.3, 0.4) is 0 Å². The van der Waals surface area contributed by atoms with Gasteiger partial charge in [0.2, 0.25) is 11.8 Å². The molecule has 1 N–H and O–H groups in total. The van der Waals surface area contributed by atoms with Gasteiger partial charge in [-0.1, -0.05) is 35.9 Å². The van der Waals surface area contributed by atoms with Crippen molar-refractivity contribution in [3.05, 3.63) is 63.6 Å². The fourth-order valence-corrected chi connectivity index (χ4v) is 2.99. The maximum Gasteiger partial charge on any atom is 0.244 e. The van der Waals surface area contributed by atoms with Crippen molar-refractivity contribution in [2.75, 3.05) is 11.9 Å². The summed E-state index contributed by atoms with van der Waals surface area (Å²) in [7, 11) is 0. The lowest BCUT2D eigenvalue weighted by molar-refractivity contribution is -0.133. The molecule has 0 atom stereocenters. The number of carbonyl (C=O) groups is 2. The number of carbonyl (C=O) groups excluding carboxylic acids is 2. The van der Waals surface area contributed by atoms with Crippen molar-refractivity contribution >= 4 is 33.4 Å². The van der Waals surface area contributed by atoms with E-state index in [0.717, 1.165) is 21.2 Å². The molecular weight excluding hydrogens is 368 g/mol. The molecule has 4 nitrogen and oxygen atoms in total. The number of rotatable bonds is 5. The van der Waals surface area contributed by atoms with Crippen LogP contribution in [-0.4, -0.2) is 23.3 Å². The molecule has 0 spiro atoms. The molecule has 2 aromatic carbocycles. The summed E-state index contributed by atoms with van der Waals surface area (Å²) in [4.78, 5) is 25.7. The van der Waals surface area contributed by atoms with Crippen molar-refractivity contribution in [2.45, 2.75) is 27.3 Å². The second-order valence-corrected chi connectivity index (χ2v) is 6.75. The molecular formula is C19H21BrN2O2. The first-order chi connectivity index (χ1) is 11.3. The Morgan fingerprint density at radius 2 is 1.79 bits per heavy atom. The fraction of sp³-hybridized carbons (Fsp3) is 0.263. The molecule has 2 amide bonds. The highest BCUT2D eigenvalue weighted by molar-refractivity contribution is 9.10. The van der Waals surface area contributed by atoms with Gasteiger partial charge in [-0.05, 0) is 53.0 Å². The number of benzene rings is 2. The molecule has 0 fully saturated rings. The third kappa shape index (κ3) is 5.20. The molecule has 0 aliphatic carbocycles. The Balaban J connectivity index is 2.04. The maximum atomic E-state index is 12.3. The highest BCUT2D eigenvalue weighted by Gasteiger charge is 2.15. The summed E-state index contributed by atoms with van der Waals surface area (Å²) in [5.74, 6) is -0.350. The van der Waals surface area contributed by atoms with E-state index in [1.807, 2.05) is 56.3 Å². The maximum absolute atomic E-state index is 12.3. The average molecular weight is 389 g/mol. The first-order valence-electron chi connectivity index (χ1n) is 7.72. The van der Waals surface area contributed by atoms with Gasteiger partial charge in [0.25, 0.3) is 0 Å². The van der Waals surface area contributed by atoms with E-state index in [9.17, 15) is 9.59 Å². The lowest BCUT2D eigenvalue weighted by Gasteiger charge is -2.21. The number of nitrogens with zero attached hydrogens (tertiary/aromatic N) is 1. The van der Waals surface area contributed by atoms with Gasteiger partial charge in [0, 0.05) is 17.9 Å². The minimum Gasteiger partial charge on any atom is -0.329 e. The third-order valence-corrected chi connectivity index (χ3v) is 4.29. The number of amides is 2. The van der Waals surface area contributed by atoms with Crippen molar-refractivity contribution < 1.29 is 9.59 Å². The van der Waals surface area contributed by atoms with Gasteiger partial charge in [0.05, 0.1) is 5.69 Å². The zero-order valence-corrected chi connectivity index (χ0v) is 15.7. The molecule has 5 heteroatoms. The van der Waals surface area contributed by atoms with E-state index in [0.29, 0.717) is 12.2 Å². The average Bonchev–Trinajstić information content (AvgIpc) is 2.49. The van der Waals surface area contributed by atoms with Gasteiger partial charge >= 0.3 is 0 Å². The van der Waals surface area contributed by atoms with Crippen molar-refractivity contribution in [3.8, 4) is 0 Å². The van der Waals surface area contributed by atoms with Crippen molar-refractivity contribution in [2.24, 2.45) is 0 Å². The highest BCUT2D eigenvalue weighted by atomic mass is 79.9. The van der Waals surface area contributed by atoms with Crippen LogP contribution < -0.4 is 5.32 Å². The molecule has 0 saturated carbocycles. The Morgan fingerprint density at radius 1 is 1.08 bits per heavy atom. The molecule has 0 bridgehead atoms. The highest BCUT2D eigenvalue weighted by Crippen LogP contribution is 2.23. The third-order valence-electron chi connectivity index (χ3n) is 3.63. The Hall–Kier alpha value is -2.14. The Labute approximate surface area is 151 Å². The van der Waals surface area contributed by atoms with Crippen molar-refractivity contribution in [3.63, 3.8) is 0 Å². The van der Waals surface area contributed by atoms with Crippen LogP contribution in [0.15, 0.2) is 46.9 Å². The molecule has 0 aromatic heterocycles. The van der Waals surface area contributed by atoms with Crippen LogP contribution in [0.25, 0.3) is 0 Å². The standard InChI is InChI=1S/C19H21BrN2O2/c1-13-5-4-6-16(9-13)11-22(15(3)23)12-19(24)21-18-8-7-14(2)10-17(18)20/h4-10H,11-12H2,1-3H3,(H,21,24). The van der Waals surface area contributed by atoms with E-state index < -0.39 is 0 Å². The molecule has 0 heterocycles. The number of anilines is 1. The largest absolute Gasteiger partial charge is 0.329 e. The van der Waals surface area contributed by atoms with Crippen LogP contribution in [0.5, 0.6) is 0 Å². The van der Waals surface area contributed by atoms with E-state index in [4.69, 9.17) is 0 Å². The van der Waals surface area contributed by atoms with E-state index in [1.165, 1.54) is 11.8 Å². The van der Waals surface area contributed by atoms with Gasteiger partial charge in [-0.15, -0.1) is 0 Å². The number of nitrogens with one attached hydrogen (secondary N) is 1. The first-order valence-corrected chi connectivity index (χ1v) is 8.51. The number of aryl methyl sites for hydroxylation is 2. The number of hydrogen-bond acceptors (Lipinski definition) is 2. The number of halogens is 1. The van der Waals surface area contributed by atoms with E-state index in [1.54, 1.807) is 0 Å². The summed E-state index contributed by atoms with van der Waals surface area (Å²) in [6.07, 6.45) is 0. The minimum absolute atomic E-state index is 0.0175. The molecule has 0 aliphatic rings. The lowest BCUT2D eigenvalue weighted by Crippen LogP contribution is -2.36.